The van der Waals surface area contributed by atoms with Crippen molar-refractivity contribution in [2.45, 2.75) is 0 Å². The lowest BCUT2D eigenvalue weighted by Gasteiger charge is -2.09. The summed E-state index contributed by atoms with van der Waals surface area (Å²) in [6.07, 6.45) is 0. The van der Waals surface area contributed by atoms with E-state index in [9.17, 15) is 13.9 Å². The fourth-order valence-electron chi connectivity index (χ4n) is 1.10. The molecular formula is C9H8ClFNO4P. The van der Waals surface area contributed by atoms with E-state index < -0.39 is 15.0 Å². The van der Waals surface area contributed by atoms with E-state index in [0.717, 1.165) is 0 Å². The molecule has 0 saturated heterocycles. The number of carbonyl (C=O) groups excluding carboxylic acids is 1. The topological polar surface area (TPSA) is 65.0 Å². The first-order valence-electron chi connectivity index (χ1n) is 4.47. The predicted octanol–water partition coefficient (Wildman–Crippen LogP) is 3.12. The highest BCUT2D eigenvalue weighted by Crippen LogP contribution is 2.29. The third kappa shape index (κ3) is 4.00. The van der Waals surface area contributed by atoms with Gasteiger partial charge in [-0.2, -0.15) is 4.20 Å². The Morgan fingerprint density at radius 2 is 2.24 bits per heavy atom. The van der Waals surface area contributed by atoms with Gasteiger partial charge in [-0.1, -0.05) is 17.7 Å². The Morgan fingerprint density at radius 3 is 2.88 bits per heavy atom. The molecule has 0 aliphatic heterocycles. The Balaban J connectivity index is 2.80. The van der Waals surface area contributed by atoms with Crippen LogP contribution in [0.2, 0.25) is 5.02 Å². The van der Waals surface area contributed by atoms with Gasteiger partial charge in [0.2, 0.25) is 9.12 Å². The van der Waals surface area contributed by atoms with Crippen LogP contribution >= 0.6 is 20.7 Å². The third-order valence-corrected chi connectivity index (χ3v) is 2.38. The summed E-state index contributed by atoms with van der Waals surface area (Å²) >= 11 is 5.81. The van der Waals surface area contributed by atoms with E-state index in [1.807, 2.05) is 0 Å². The smallest absolute Gasteiger partial charge is 0.320 e. The lowest BCUT2D eigenvalue weighted by molar-refractivity contribution is 0.0995. The molecule has 1 rings (SSSR count). The van der Waals surface area contributed by atoms with Crippen molar-refractivity contribution in [1.82, 2.24) is 0 Å². The second kappa shape index (κ2) is 7.27. The molecule has 1 aromatic carbocycles. The van der Waals surface area contributed by atoms with Crippen molar-refractivity contribution in [3.05, 3.63) is 33.7 Å². The van der Waals surface area contributed by atoms with Crippen LogP contribution in [0.5, 0.6) is 5.75 Å². The van der Waals surface area contributed by atoms with Crippen LogP contribution in [0.4, 0.5) is 4.20 Å². The van der Waals surface area contributed by atoms with Gasteiger partial charge in [0.15, 0.2) is 5.75 Å². The zero-order valence-corrected chi connectivity index (χ0v) is 10.2. The lowest BCUT2D eigenvalue weighted by atomic mass is 10.2. The normalized spacial score (nSPS) is 10.7. The average Bonchev–Trinajstić information content (AvgIpc) is 2.35. The van der Waals surface area contributed by atoms with E-state index in [0.29, 0.717) is 0 Å². The largest absolute Gasteiger partial charge is 0.489 e. The highest BCUT2D eigenvalue weighted by Gasteiger charge is 2.15. The van der Waals surface area contributed by atoms with Crippen molar-refractivity contribution in [2.24, 2.45) is 5.18 Å². The van der Waals surface area contributed by atoms with E-state index in [1.165, 1.54) is 18.2 Å². The molecule has 0 spiro atoms. The summed E-state index contributed by atoms with van der Waals surface area (Å²) in [5.41, 5.74) is -0.0322. The molecule has 92 valence electrons. The van der Waals surface area contributed by atoms with Gasteiger partial charge in [0, 0.05) is 5.18 Å². The van der Waals surface area contributed by atoms with Crippen LogP contribution in [0, 0.1) is 4.91 Å². The summed E-state index contributed by atoms with van der Waals surface area (Å²) in [6.45, 7) is 0.0299. The third-order valence-electron chi connectivity index (χ3n) is 1.77. The van der Waals surface area contributed by atoms with E-state index >= 15 is 0 Å². The van der Waals surface area contributed by atoms with E-state index in [1.54, 1.807) is 0 Å². The molecule has 1 aromatic rings. The molecule has 1 amide bonds. The Kier molecular flexibility index (Phi) is 5.97. The minimum absolute atomic E-state index is 0.0137. The molecule has 0 aliphatic carbocycles. The molecule has 0 fully saturated rings. The number of nitroso groups, excluding NO2 is 1. The lowest BCUT2D eigenvalue weighted by Crippen LogP contribution is -2.07. The summed E-state index contributed by atoms with van der Waals surface area (Å²) in [5, 5.41) is 2.46. The summed E-state index contributed by atoms with van der Waals surface area (Å²) < 4.78 is 21.3. The van der Waals surface area contributed by atoms with E-state index in [2.05, 4.69) is 9.70 Å². The maximum Gasteiger partial charge on any atom is 0.320 e. The van der Waals surface area contributed by atoms with Crippen molar-refractivity contribution in [3.63, 3.8) is 0 Å². The Labute approximate surface area is 103 Å². The molecule has 0 N–H and O–H groups in total. The molecule has 0 radical (unpaired) electrons. The van der Waals surface area contributed by atoms with E-state index in [4.69, 9.17) is 16.3 Å². The molecular weight excluding hydrogens is 272 g/mol. The molecule has 0 heterocycles. The molecule has 0 bridgehead atoms. The van der Waals surface area contributed by atoms with Gasteiger partial charge in [-0.15, -0.1) is 4.91 Å². The summed E-state index contributed by atoms with van der Waals surface area (Å²) in [6, 6.07) is 4.35. The summed E-state index contributed by atoms with van der Waals surface area (Å²) in [5.74, 6) is -0.930. The van der Waals surface area contributed by atoms with Gasteiger partial charge in [0.05, 0.1) is 17.2 Å². The Hall–Kier alpha value is -1.10. The molecule has 0 saturated carbocycles. The highest BCUT2D eigenvalue weighted by molar-refractivity contribution is 7.25. The highest BCUT2D eigenvalue weighted by atomic mass is 35.5. The maximum absolute atomic E-state index is 11.7. The fraction of sp³-hybridized carbons (Fsp3) is 0.222. The zero-order chi connectivity index (χ0) is 12.7. The van der Waals surface area contributed by atoms with Crippen molar-refractivity contribution in [1.29, 1.82) is 0 Å². The van der Waals surface area contributed by atoms with Gasteiger partial charge in [-0.3, -0.25) is 4.79 Å². The molecule has 8 heteroatoms. The average molecular weight is 280 g/mol. The van der Waals surface area contributed by atoms with Gasteiger partial charge < -0.3 is 9.26 Å². The van der Waals surface area contributed by atoms with Crippen LogP contribution in [0.15, 0.2) is 23.4 Å². The molecule has 17 heavy (non-hydrogen) atoms. The van der Waals surface area contributed by atoms with Crippen LogP contribution in [-0.4, -0.2) is 19.1 Å². The number of nitrogens with zero attached hydrogens (tertiary/aromatic N) is 1. The van der Waals surface area contributed by atoms with Crippen LogP contribution in [0.3, 0.4) is 0 Å². The van der Waals surface area contributed by atoms with Gasteiger partial charge in [-0.25, -0.2) is 0 Å². The molecule has 0 aliphatic rings. The van der Waals surface area contributed by atoms with Crippen molar-refractivity contribution in [2.75, 3.05) is 13.2 Å². The van der Waals surface area contributed by atoms with Crippen molar-refractivity contribution < 1.29 is 18.3 Å². The van der Waals surface area contributed by atoms with Gasteiger partial charge in [-0.05, 0) is 12.1 Å². The number of para-hydroxylation sites is 1. The maximum atomic E-state index is 11.7. The van der Waals surface area contributed by atoms with Gasteiger partial charge in [0.25, 0.3) is 0 Å². The number of carbonyl (C=O) groups is 1. The minimum Gasteiger partial charge on any atom is -0.489 e. The predicted molar refractivity (Wildman–Crippen MR) is 62.4 cm³/mol. The first-order chi connectivity index (χ1) is 8.20. The van der Waals surface area contributed by atoms with Crippen molar-refractivity contribution >= 4 is 26.6 Å². The number of amides is 1. The van der Waals surface area contributed by atoms with Gasteiger partial charge >= 0.3 is 5.91 Å². The van der Waals surface area contributed by atoms with E-state index in [-0.39, 0.29) is 29.5 Å². The molecule has 0 aromatic heterocycles. The van der Waals surface area contributed by atoms with Crippen LogP contribution in [0.25, 0.3) is 0 Å². The SMILES string of the molecule is O=NC(=O)c1cccc(Cl)c1OCCOPF. The number of benzene rings is 1. The Bertz CT molecular complexity index is 418. The van der Waals surface area contributed by atoms with Gasteiger partial charge in [0.1, 0.15) is 6.61 Å². The molecule has 1 unspecified atom stereocenters. The summed E-state index contributed by atoms with van der Waals surface area (Å²) in [4.78, 5) is 21.3. The second-order valence-electron chi connectivity index (χ2n) is 2.79. The fourth-order valence-corrected chi connectivity index (χ4v) is 1.49. The number of hydrogen-bond acceptors (Lipinski definition) is 4. The number of rotatable bonds is 6. The minimum atomic E-state index is -1.13. The standard InChI is InChI=1S/C9H8ClFNO4P/c10-7-3-1-2-6(9(13)12-14)8(7)15-4-5-16-17-11/h1-3,17H,4-5H2. The van der Waals surface area contributed by atoms with Crippen LogP contribution in [-0.2, 0) is 4.52 Å². The first-order valence-corrected chi connectivity index (χ1v) is 5.63. The van der Waals surface area contributed by atoms with Crippen LogP contribution in [0.1, 0.15) is 10.4 Å². The number of halogens is 2. The second-order valence-corrected chi connectivity index (χ2v) is 3.64. The zero-order valence-electron chi connectivity index (χ0n) is 8.48. The van der Waals surface area contributed by atoms with Crippen molar-refractivity contribution in [3.8, 4) is 5.75 Å². The molecule has 5 nitrogen and oxygen atoms in total. The number of hydrogen-bond donors (Lipinski definition) is 0. The quantitative estimate of drug-likeness (QED) is 0.456. The summed E-state index contributed by atoms with van der Waals surface area (Å²) in [7, 11) is -1.13. The molecule has 1 atom stereocenters. The Morgan fingerprint density at radius 1 is 1.47 bits per heavy atom. The first kappa shape index (κ1) is 14.0. The monoisotopic (exact) mass is 279 g/mol. The van der Waals surface area contributed by atoms with Crippen LogP contribution < -0.4 is 4.74 Å². The number of ether oxygens (including phenoxy) is 1.